The third-order valence-electron chi connectivity index (χ3n) is 5.35. The Morgan fingerprint density at radius 3 is 2.60 bits per heavy atom. The van der Waals surface area contributed by atoms with Gasteiger partial charge >= 0.3 is 0 Å². The zero-order valence-corrected chi connectivity index (χ0v) is 18.0. The molecule has 156 valence electrons. The van der Waals surface area contributed by atoms with E-state index >= 15 is 0 Å². The monoisotopic (exact) mass is 425 g/mol. The van der Waals surface area contributed by atoms with Gasteiger partial charge in [0.05, 0.1) is 56.6 Å². The highest BCUT2D eigenvalue weighted by Crippen LogP contribution is 2.28. The maximum Gasteiger partial charge on any atom is 0.266 e. The largest absolute Gasteiger partial charge is 0.494 e. The molecule has 30 heavy (non-hydrogen) atoms. The number of benzene rings is 2. The van der Waals surface area contributed by atoms with Crippen LogP contribution in [0.2, 0.25) is 5.02 Å². The van der Waals surface area contributed by atoms with E-state index in [1.807, 2.05) is 48.3 Å². The molecule has 0 unspecified atom stereocenters. The van der Waals surface area contributed by atoms with Crippen LogP contribution in [0.15, 0.2) is 48.5 Å². The molecule has 0 atom stereocenters. The number of aromatic nitrogens is 1. The standard InChI is InChI=1S/C23H25ClN4O2/c1-3-30-18-7-4-16(5-8-18)22-15-20(19-14-17(24)6-9-21(19)25-22)23(29)26-28-12-10-27(2)11-13-28/h4-9,14-15H,3,10-13H2,1-2H3,(H,26,29)/p+1. The molecule has 7 heteroatoms. The molecule has 0 radical (unpaired) electrons. The van der Waals surface area contributed by atoms with Crippen molar-refractivity contribution in [2.24, 2.45) is 0 Å². The predicted octanol–water partition coefficient (Wildman–Crippen LogP) is 2.43. The maximum absolute atomic E-state index is 13.2. The average molecular weight is 426 g/mol. The lowest BCUT2D eigenvalue weighted by Crippen LogP contribution is -3.12. The second-order valence-electron chi connectivity index (χ2n) is 7.56. The van der Waals surface area contributed by atoms with E-state index < -0.39 is 0 Å². The predicted molar refractivity (Wildman–Crippen MR) is 119 cm³/mol. The van der Waals surface area contributed by atoms with Crippen LogP contribution in [0.25, 0.3) is 22.2 Å². The van der Waals surface area contributed by atoms with Crippen LogP contribution in [0.1, 0.15) is 17.3 Å². The molecule has 1 amide bonds. The smallest absolute Gasteiger partial charge is 0.266 e. The van der Waals surface area contributed by atoms with Gasteiger partial charge in [0.25, 0.3) is 5.91 Å². The highest BCUT2D eigenvalue weighted by Gasteiger charge is 2.21. The van der Waals surface area contributed by atoms with E-state index in [1.54, 1.807) is 12.1 Å². The number of hydrogen-bond acceptors (Lipinski definition) is 4. The number of amides is 1. The molecule has 1 aliphatic heterocycles. The third kappa shape index (κ3) is 4.56. The molecule has 0 bridgehead atoms. The second kappa shape index (κ2) is 9.00. The van der Waals surface area contributed by atoms with Crippen LogP contribution in [0.4, 0.5) is 0 Å². The first-order valence-electron chi connectivity index (χ1n) is 10.2. The van der Waals surface area contributed by atoms with E-state index in [1.165, 1.54) is 4.90 Å². The van der Waals surface area contributed by atoms with Crippen molar-refractivity contribution in [2.75, 3.05) is 39.8 Å². The average Bonchev–Trinajstić information content (AvgIpc) is 2.75. The van der Waals surface area contributed by atoms with Crippen molar-refractivity contribution >= 4 is 28.4 Å². The number of pyridine rings is 1. The molecular weight excluding hydrogens is 400 g/mol. The number of nitrogens with one attached hydrogen (secondary N) is 2. The van der Waals surface area contributed by atoms with Crippen molar-refractivity contribution in [3.8, 4) is 17.0 Å². The molecule has 6 nitrogen and oxygen atoms in total. The first-order valence-corrected chi connectivity index (χ1v) is 10.6. The van der Waals surface area contributed by atoms with E-state index in [2.05, 4.69) is 12.5 Å². The number of ether oxygens (including phenoxy) is 1. The maximum atomic E-state index is 13.2. The second-order valence-corrected chi connectivity index (χ2v) is 8.00. The number of hydrogen-bond donors (Lipinski definition) is 2. The molecule has 2 aromatic carbocycles. The van der Waals surface area contributed by atoms with Crippen molar-refractivity contribution in [1.82, 2.24) is 15.4 Å². The minimum absolute atomic E-state index is 0.142. The Labute approximate surface area is 181 Å². The van der Waals surface area contributed by atoms with Gasteiger partial charge in [0.15, 0.2) is 0 Å². The van der Waals surface area contributed by atoms with Gasteiger partial charge in [-0.15, -0.1) is 0 Å². The van der Waals surface area contributed by atoms with Crippen LogP contribution in [0, 0.1) is 0 Å². The summed E-state index contributed by atoms with van der Waals surface area (Å²) in [6.07, 6.45) is 0. The van der Waals surface area contributed by atoms with Gasteiger partial charge in [-0.2, -0.15) is 0 Å². The number of piperazine rings is 1. The van der Waals surface area contributed by atoms with Crippen molar-refractivity contribution in [1.29, 1.82) is 0 Å². The van der Waals surface area contributed by atoms with E-state index in [0.717, 1.165) is 54.1 Å². The number of likely N-dealkylation sites (N-methyl/N-ethyl adjacent to an activating group) is 1. The van der Waals surface area contributed by atoms with Gasteiger partial charge in [-0.05, 0) is 55.5 Å². The summed E-state index contributed by atoms with van der Waals surface area (Å²) in [5, 5.41) is 3.31. The Morgan fingerprint density at radius 1 is 1.17 bits per heavy atom. The fraction of sp³-hybridized carbons (Fsp3) is 0.304. The SMILES string of the molecule is CCOc1ccc(-c2cc(C(=O)NN3CC[NH+](C)CC3)c3cc(Cl)ccc3n2)cc1. The van der Waals surface area contributed by atoms with Crippen LogP contribution in [0.5, 0.6) is 5.75 Å². The van der Waals surface area contributed by atoms with Gasteiger partial charge in [-0.3, -0.25) is 10.2 Å². The van der Waals surface area contributed by atoms with Crippen LogP contribution < -0.4 is 15.1 Å². The lowest BCUT2D eigenvalue weighted by molar-refractivity contribution is -0.884. The number of hydrazine groups is 1. The van der Waals surface area contributed by atoms with Crippen molar-refractivity contribution in [3.05, 3.63) is 59.1 Å². The van der Waals surface area contributed by atoms with Gasteiger partial charge in [-0.25, -0.2) is 9.99 Å². The molecular formula is C23H26ClN4O2+. The number of carbonyl (C=O) groups is 1. The Balaban J connectivity index is 1.69. The third-order valence-corrected chi connectivity index (χ3v) is 5.59. The van der Waals surface area contributed by atoms with Crippen molar-refractivity contribution in [3.63, 3.8) is 0 Å². The summed E-state index contributed by atoms with van der Waals surface area (Å²) in [5.41, 5.74) is 6.02. The molecule has 1 saturated heterocycles. The quantitative estimate of drug-likeness (QED) is 0.659. The lowest BCUT2D eigenvalue weighted by atomic mass is 10.0. The summed E-state index contributed by atoms with van der Waals surface area (Å²) in [7, 11) is 2.17. The molecule has 2 N–H and O–H groups in total. The zero-order chi connectivity index (χ0) is 21.1. The van der Waals surface area contributed by atoms with Gasteiger partial charge in [0.1, 0.15) is 5.75 Å². The summed E-state index contributed by atoms with van der Waals surface area (Å²) in [4.78, 5) is 19.4. The molecule has 0 spiro atoms. The Bertz CT molecular complexity index is 1050. The first-order chi connectivity index (χ1) is 14.5. The summed E-state index contributed by atoms with van der Waals surface area (Å²) in [5.74, 6) is 0.667. The van der Waals surface area contributed by atoms with E-state index in [4.69, 9.17) is 21.3 Å². The number of quaternary nitrogens is 1. The van der Waals surface area contributed by atoms with E-state index in [-0.39, 0.29) is 5.91 Å². The fourth-order valence-electron chi connectivity index (χ4n) is 3.63. The highest BCUT2D eigenvalue weighted by molar-refractivity contribution is 6.31. The number of fused-ring (bicyclic) bond motifs is 1. The van der Waals surface area contributed by atoms with Crippen LogP contribution in [-0.4, -0.2) is 55.7 Å². The normalized spacial score (nSPS) is 15.3. The molecule has 0 saturated carbocycles. The van der Waals surface area contributed by atoms with Crippen LogP contribution in [0.3, 0.4) is 0 Å². The van der Waals surface area contributed by atoms with Crippen molar-refractivity contribution < 1.29 is 14.4 Å². The minimum atomic E-state index is -0.142. The lowest BCUT2D eigenvalue weighted by Gasteiger charge is -2.30. The van der Waals surface area contributed by atoms with Gasteiger partial charge in [0.2, 0.25) is 0 Å². The number of carbonyl (C=O) groups excluding carboxylic acids is 1. The topological polar surface area (TPSA) is 58.9 Å². The minimum Gasteiger partial charge on any atom is -0.494 e. The number of rotatable bonds is 5. The summed E-state index contributed by atoms with van der Waals surface area (Å²) < 4.78 is 5.53. The Hall–Kier alpha value is -2.67. The fourth-order valence-corrected chi connectivity index (χ4v) is 3.80. The molecule has 1 aromatic heterocycles. The Morgan fingerprint density at radius 2 is 1.90 bits per heavy atom. The van der Waals surface area contributed by atoms with Crippen LogP contribution in [-0.2, 0) is 0 Å². The van der Waals surface area contributed by atoms with E-state index in [9.17, 15) is 4.79 Å². The van der Waals surface area contributed by atoms with E-state index in [0.29, 0.717) is 17.2 Å². The molecule has 1 aliphatic rings. The number of nitrogens with zero attached hydrogens (tertiary/aromatic N) is 2. The van der Waals surface area contributed by atoms with Crippen molar-refractivity contribution in [2.45, 2.75) is 6.92 Å². The van der Waals surface area contributed by atoms with Gasteiger partial charge in [0, 0.05) is 16.0 Å². The van der Waals surface area contributed by atoms with Crippen LogP contribution >= 0.6 is 11.6 Å². The molecule has 3 aromatic rings. The highest BCUT2D eigenvalue weighted by atomic mass is 35.5. The molecule has 1 fully saturated rings. The first kappa shape index (κ1) is 20.6. The number of halogens is 1. The summed E-state index contributed by atoms with van der Waals surface area (Å²) in [6, 6.07) is 15.0. The zero-order valence-electron chi connectivity index (χ0n) is 17.2. The Kier molecular flexibility index (Phi) is 6.18. The molecule has 2 heterocycles. The summed E-state index contributed by atoms with van der Waals surface area (Å²) in [6.45, 7) is 6.23. The summed E-state index contributed by atoms with van der Waals surface area (Å²) >= 11 is 6.22. The molecule has 4 rings (SSSR count). The van der Waals surface area contributed by atoms with Gasteiger partial charge in [-0.1, -0.05) is 11.6 Å². The molecule has 0 aliphatic carbocycles. The van der Waals surface area contributed by atoms with Gasteiger partial charge < -0.3 is 9.64 Å².